The van der Waals surface area contributed by atoms with E-state index < -0.39 is 0 Å². The molecule has 0 atom stereocenters. The van der Waals surface area contributed by atoms with Crippen LogP contribution in [0.5, 0.6) is 0 Å². The molecule has 1 aromatic carbocycles. The van der Waals surface area contributed by atoms with Crippen LogP contribution in [0.25, 0.3) is 6.08 Å². The van der Waals surface area contributed by atoms with Crippen molar-refractivity contribution in [1.29, 1.82) is 0 Å². The molecule has 0 saturated carbocycles. The first kappa shape index (κ1) is 9.72. The zero-order chi connectivity index (χ0) is 9.68. The monoisotopic (exact) mass is 173 g/mol. The molecule has 13 heavy (non-hydrogen) atoms. The Labute approximate surface area is 79.8 Å². The van der Waals surface area contributed by atoms with E-state index in [1.165, 1.54) is 11.1 Å². The largest absolute Gasteiger partial charge is 0.293 e. The lowest BCUT2D eigenvalue weighted by Crippen LogP contribution is -1.96. The third-order valence-corrected chi connectivity index (χ3v) is 2.03. The standard InChI is InChI=1S/C12H15N/c1-4-7-11-8-5-6-9-12(11)10(2)13-3/h4-9H,1-3H3/b7-4-,13-10+. The van der Waals surface area contributed by atoms with Gasteiger partial charge in [0, 0.05) is 18.3 Å². The molecular weight excluding hydrogens is 158 g/mol. The highest BCUT2D eigenvalue weighted by Gasteiger charge is 1.99. The fourth-order valence-corrected chi connectivity index (χ4v) is 1.27. The molecule has 1 heteroatoms. The van der Waals surface area contributed by atoms with Crippen molar-refractivity contribution in [3.63, 3.8) is 0 Å². The van der Waals surface area contributed by atoms with E-state index in [9.17, 15) is 0 Å². The molecule has 1 aromatic rings. The quantitative estimate of drug-likeness (QED) is 0.609. The maximum absolute atomic E-state index is 4.18. The van der Waals surface area contributed by atoms with Gasteiger partial charge in [-0.15, -0.1) is 0 Å². The molecule has 0 heterocycles. The van der Waals surface area contributed by atoms with E-state index in [-0.39, 0.29) is 0 Å². The van der Waals surface area contributed by atoms with Gasteiger partial charge in [0.15, 0.2) is 0 Å². The van der Waals surface area contributed by atoms with Crippen molar-refractivity contribution in [2.45, 2.75) is 13.8 Å². The Hall–Kier alpha value is -1.37. The molecule has 0 radical (unpaired) electrons. The van der Waals surface area contributed by atoms with Gasteiger partial charge in [-0.2, -0.15) is 0 Å². The van der Waals surface area contributed by atoms with Gasteiger partial charge in [-0.3, -0.25) is 4.99 Å². The minimum Gasteiger partial charge on any atom is -0.293 e. The number of rotatable bonds is 2. The minimum absolute atomic E-state index is 1.08. The zero-order valence-electron chi connectivity index (χ0n) is 8.41. The summed E-state index contributed by atoms with van der Waals surface area (Å²) in [5.41, 5.74) is 3.52. The summed E-state index contributed by atoms with van der Waals surface area (Å²) < 4.78 is 0. The summed E-state index contributed by atoms with van der Waals surface area (Å²) in [6, 6.07) is 8.28. The van der Waals surface area contributed by atoms with E-state index >= 15 is 0 Å². The van der Waals surface area contributed by atoms with E-state index in [1.54, 1.807) is 0 Å². The fraction of sp³-hybridized carbons (Fsp3) is 0.250. The Kier molecular flexibility index (Phi) is 3.44. The second-order valence-electron chi connectivity index (χ2n) is 2.90. The van der Waals surface area contributed by atoms with Crippen molar-refractivity contribution >= 4 is 11.8 Å². The number of aliphatic imine (C=N–C) groups is 1. The average Bonchev–Trinajstić information content (AvgIpc) is 2.18. The Morgan fingerprint density at radius 3 is 2.62 bits per heavy atom. The van der Waals surface area contributed by atoms with E-state index in [2.05, 4.69) is 23.2 Å². The van der Waals surface area contributed by atoms with Gasteiger partial charge in [-0.1, -0.05) is 36.4 Å². The first-order valence-electron chi connectivity index (χ1n) is 4.45. The molecule has 68 valence electrons. The molecule has 0 aliphatic rings. The molecule has 1 rings (SSSR count). The molecule has 0 bridgehead atoms. The molecule has 0 unspecified atom stereocenters. The van der Waals surface area contributed by atoms with Crippen LogP contribution in [0.15, 0.2) is 35.3 Å². The van der Waals surface area contributed by atoms with Crippen molar-refractivity contribution in [1.82, 2.24) is 0 Å². The number of hydrogen-bond donors (Lipinski definition) is 0. The van der Waals surface area contributed by atoms with Crippen LogP contribution in [-0.2, 0) is 0 Å². The number of hydrogen-bond acceptors (Lipinski definition) is 1. The summed E-state index contributed by atoms with van der Waals surface area (Å²) in [5.74, 6) is 0. The maximum atomic E-state index is 4.18. The average molecular weight is 173 g/mol. The first-order chi connectivity index (χ1) is 6.29. The van der Waals surface area contributed by atoms with Gasteiger partial charge in [0.2, 0.25) is 0 Å². The van der Waals surface area contributed by atoms with Gasteiger partial charge in [0.05, 0.1) is 0 Å². The lowest BCUT2D eigenvalue weighted by Gasteiger charge is -2.03. The van der Waals surface area contributed by atoms with Crippen LogP contribution >= 0.6 is 0 Å². The Bertz CT molecular complexity index is 335. The highest BCUT2D eigenvalue weighted by Crippen LogP contribution is 2.11. The normalized spacial score (nSPS) is 12.4. The lowest BCUT2D eigenvalue weighted by atomic mass is 10.0. The summed E-state index contributed by atoms with van der Waals surface area (Å²) in [5, 5.41) is 0. The summed E-state index contributed by atoms with van der Waals surface area (Å²) in [4.78, 5) is 4.18. The molecule has 0 aliphatic heterocycles. The molecule has 0 aliphatic carbocycles. The Morgan fingerprint density at radius 1 is 1.31 bits per heavy atom. The van der Waals surface area contributed by atoms with Gasteiger partial charge >= 0.3 is 0 Å². The Balaban J connectivity index is 3.19. The van der Waals surface area contributed by atoms with E-state index in [4.69, 9.17) is 0 Å². The molecule has 0 amide bonds. The summed E-state index contributed by atoms with van der Waals surface area (Å²) in [6.07, 6.45) is 4.14. The number of nitrogens with zero attached hydrogens (tertiary/aromatic N) is 1. The topological polar surface area (TPSA) is 12.4 Å². The molecular formula is C12H15N. The molecule has 0 saturated heterocycles. The van der Waals surface area contributed by atoms with E-state index in [0.29, 0.717) is 0 Å². The van der Waals surface area contributed by atoms with Crippen molar-refractivity contribution in [2.24, 2.45) is 4.99 Å². The molecule has 1 nitrogen and oxygen atoms in total. The van der Waals surface area contributed by atoms with Crippen LogP contribution in [0, 0.1) is 0 Å². The lowest BCUT2D eigenvalue weighted by molar-refractivity contribution is 1.40. The van der Waals surface area contributed by atoms with E-state index in [1.807, 2.05) is 39.1 Å². The molecule has 0 fully saturated rings. The predicted octanol–water partition coefficient (Wildman–Crippen LogP) is 3.16. The second kappa shape index (κ2) is 4.61. The molecule has 0 spiro atoms. The van der Waals surface area contributed by atoms with Gasteiger partial charge in [0.1, 0.15) is 0 Å². The minimum atomic E-state index is 1.08. The number of benzene rings is 1. The second-order valence-corrected chi connectivity index (χ2v) is 2.90. The summed E-state index contributed by atoms with van der Waals surface area (Å²) >= 11 is 0. The van der Waals surface area contributed by atoms with Crippen LogP contribution in [0.2, 0.25) is 0 Å². The summed E-state index contributed by atoms with van der Waals surface area (Å²) in [7, 11) is 1.82. The van der Waals surface area contributed by atoms with Crippen molar-refractivity contribution < 1.29 is 0 Å². The number of allylic oxidation sites excluding steroid dienone is 1. The third kappa shape index (κ3) is 2.28. The van der Waals surface area contributed by atoms with Gasteiger partial charge in [-0.25, -0.2) is 0 Å². The van der Waals surface area contributed by atoms with Gasteiger partial charge < -0.3 is 0 Å². The SMILES string of the molecule is C/C=C\c1ccccc1/C(C)=N/C. The van der Waals surface area contributed by atoms with Crippen molar-refractivity contribution in [2.75, 3.05) is 7.05 Å². The van der Waals surface area contributed by atoms with Crippen LogP contribution < -0.4 is 0 Å². The third-order valence-electron chi connectivity index (χ3n) is 2.03. The van der Waals surface area contributed by atoms with Crippen LogP contribution in [0.1, 0.15) is 25.0 Å². The highest BCUT2D eigenvalue weighted by molar-refractivity contribution is 6.01. The van der Waals surface area contributed by atoms with E-state index in [0.717, 1.165) is 5.71 Å². The smallest absolute Gasteiger partial charge is 0.0392 e. The predicted molar refractivity (Wildman–Crippen MR) is 59.3 cm³/mol. The first-order valence-corrected chi connectivity index (χ1v) is 4.45. The van der Waals surface area contributed by atoms with Gasteiger partial charge in [-0.05, 0) is 19.4 Å². The maximum Gasteiger partial charge on any atom is 0.0392 e. The van der Waals surface area contributed by atoms with Gasteiger partial charge in [0.25, 0.3) is 0 Å². The molecule has 0 aromatic heterocycles. The van der Waals surface area contributed by atoms with Crippen molar-refractivity contribution in [3.8, 4) is 0 Å². The highest BCUT2D eigenvalue weighted by atomic mass is 14.7. The zero-order valence-corrected chi connectivity index (χ0v) is 8.41. The van der Waals surface area contributed by atoms with Crippen LogP contribution in [0.4, 0.5) is 0 Å². The fourth-order valence-electron chi connectivity index (χ4n) is 1.27. The van der Waals surface area contributed by atoms with Crippen LogP contribution in [0.3, 0.4) is 0 Å². The van der Waals surface area contributed by atoms with Crippen molar-refractivity contribution in [3.05, 3.63) is 41.5 Å². The Morgan fingerprint density at radius 2 is 2.00 bits per heavy atom. The van der Waals surface area contributed by atoms with Crippen LogP contribution in [-0.4, -0.2) is 12.8 Å². The molecule has 0 N–H and O–H groups in total. The summed E-state index contributed by atoms with van der Waals surface area (Å²) in [6.45, 7) is 4.05.